The van der Waals surface area contributed by atoms with Gasteiger partial charge in [0.25, 0.3) is 0 Å². The van der Waals surface area contributed by atoms with Gasteiger partial charge in [-0.05, 0) is 17.7 Å². The maximum absolute atomic E-state index is 12.2. The third-order valence-corrected chi connectivity index (χ3v) is 4.37. The Bertz CT molecular complexity index is 639. The number of ether oxygens (including phenoxy) is 1. The minimum absolute atomic E-state index is 0.0276. The van der Waals surface area contributed by atoms with E-state index >= 15 is 0 Å². The van der Waals surface area contributed by atoms with E-state index in [-0.39, 0.29) is 18.5 Å². The zero-order chi connectivity index (χ0) is 16.8. The molecule has 1 aliphatic heterocycles. The third-order valence-electron chi connectivity index (χ3n) is 4.12. The van der Waals surface area contributed by atoms with Crippen molar-refractivity contribution in [2.45, 2.75) is 12.6 Å². The fourth-order valence-electron chi connectivity index (χ4n) is 2.84. The maximum Gasteiger partial charge on any atom is 0.240 e. The molecule has 1 atom stereocenters. The first-order valence-corrected chi connectivity index (χ1v) is 8.40. The van der Waals surface area contributed by atoms with Crippen LogP contribution in [0.4, 0.5) is 0 Å². The molecule has 0 saturated carbocycles. The number of nitrogens with zero attached hydrogens (tertiary/aromatic N) is 3. The van der Waals surface area contributed by atoms with E-state index in [4.69, 9.17) is 16.3 Å². The van der Waals surface area contributed by atoms with Crippen LogP contribution in [-0.2, 0) is 16.1 Å². The molecule has 6 nitrogen and oxygen atoms in total. The summed E-state index contributed by atoms with van der Waals surface area (Å²) in [4.78, 5) is 18.4. The number of aromatic nitrogens is 2. The van der Waals surface area contributed by atoms with Gasteiger partial charge in [-0.2, -0.15) is 0 Å². The van der Waals surface area contributed by atoms with Crippen molar-refractivity contribution in [1.82, 2.24) is 19.8 Å². The quantitative estimate of drug-likeness (QED) is 0.863. The molecule has 0 spiro atoms. The van der Waals surface area contributed by atoms with E-state index in [1.165, 1.54) is 0 Å². The summed E-state index contributed by atoms with van der Waals surface area (Å²) in [6, 6.07) is 7.92. The highest BCUT2D eigenvalue weighted by molar-refractivity contribution is 6.30. The van der Waals surface area contributed by atoms with Crippen molar-refractivity contribution >= 4 is 17.5 Å². The van der Waals surface area contributed by atoms with Gasteiger partial charge >= 0.3 is 0 Å². The van der Waals surface area contributed by atoms with Crippen molar-refractivity contribution in [3.8, 4) is 0 Å². The lowest BCUT2D eigenvalue weighted by molar-refractivity contribution is -0.122. The van der Waals surface area contributed by atoms with Gasteiger partial charge in [0.05, 0.1) is 25.6 Å². The van der Waals surface area contributed by atoms with Crippen molar-refractivity contribution in [1.29, 1.82) is 0 Å². The molecule has 24 heavy (non-hydrogen) atoms. The van der Waals surface area contributed by atoms with E-state index in [0.29, 0.717) is 24.8 Å². The fraction of sp³-hybridized carbons (Fsp3) is 0.412. The summed E-state index contributed by atoms with van der Waals surface area (Å²) in [6.07, 6.45) is 5.08. The van der Waals surface area contributed by atoms with Crippen molar-refractivity contribution in [3.63, 3.8) is 0 Å². The molecule has 0 bridgehead atoms. The Kier molecular flexibility index (Phi) is 5.85. The molecule has 0 aliphatic carbocycles. The summed E-state index contributed by atoms with van der Waals surface area (Å²) >= 11 is 6.00. The molecular formula is C17H21ClN4O2. The molecule has 1 fully saturated rings. The monoisotopic (exact) mass is 348 g/mol. The number of rotatable bonds is 6. The predicted octanol–water partition coefficient (Wildman–Crippen LogP) is 1.73. The van der Waals surface area contributed by atoms with Crippen LogP contribution < -0.4 is 5.32 Å². The average Bonchev–Trinajstić information content (AvgIpc) is 3.10. The van der Waals surface area contributed by atoms with Gasteiger partial charge in [-0.3, -0.25) is 9.69 Å². The Labute approximate surface area is 146 Å². The van der Waals surface area contributed by atoms with E-state index in [0.717, 1.165) is 18.7 Å². The standard InChI is InChI=1S/C17H21ClN4O2/c18-15-3-1-14(2-4-15)16(22-7-9-24-10-8-22)11-20-17(23)12-21-6-5-19-13-21/h1-6,13,16H,7-12H2,(H,20,23). The molecule has 128 valence electrons. The highest BCUT2D eigenvalue weighted by Crippen LogP contribution is 2.23. The molecule has 1 N–H and O–H groups in total. The topological polar surface area (TPSA) is 59.4 Å². The van der Waals surface area contributed by atoms with Gasteiger partial charge in [0.15, 0.2) is 0 Å². The molecule has 0 radical (unpaired) electrons. The van der Waals surface area contributed by atoms with Gasteiger partial charge in [0, 0.05) is 37.1 Å². The number of morpholine rings is 1. The molecule has 3 rings (SSSR count). The van der Waals surface area contributed by atoms with Crippen LogP contribution in [0.1, 0.15) is 11.6 Å². The van der Waals surface area contributed by atoms with Crippen molar-refractivity contribution < 1.29 is 9.53 Å². The SMILES string of the molecule is O=C(Cn1ccnc1)NCC(c1ccc(Cl)cc1)N1CCOCC1. The van der Waals surface area contributed by atoms with Crippen LogP contribution in [0.15, 0.2) is 43.0 Å². The second-order valence-electron chi connectivity index (χ2n) is 5.75. The minimum Gasteiger partial charge on any atom is -0.379 e. The fourth-order valence-corrected chi connectivity index (χ4v) is 2.97. The van der Waals surface area contributed by atoms with Crippen LogP contribution in [0.5, 0.6) is 0 Å². The third kappa shape index (κ3) is 4.56. The number of carbonyl (C=O) groups is 1. The second-order valence-corrected chi connectivity index (χ2v) is 6.19. The Hall–Kier alpha value is -1.89. The van der Waals surface area contributed by atoms with Gasteiger partial charge in [0.2, 0.25) is 5.91 Å². The number of halogens is 1. The number of benzene rings is 1. The number of hydrogen-bond acceptors (Lipinski definition) is 4. The van der Waals surface area contributed by atoms with Crippen molar-refractivity contribution in [2.24, 2.45) is 0 Å². The lowest BCUT2D eigenvalue weighted by Crippen LogP contribution is -2.44. The molecular weight excluding hydrogens is 328 g/mol. The summed E-state index contributed by atoms with van der Waals surface area (Å²) in [7, 11) is 0. The van der Waals surface area contributed by atoms with Gasteiger partial charge in [0.1, 0.15) is 6.54 Å². The van der Waals surface area contributed by atoms with E-state index in [1.54, 1.807) is 23.3 Å². The van der Waals surface area contributed by atoms with Gasteiger partial charge in [-0.15, -0.1) is 0 Å². The lowest BCUT2D eigenvalue weighted by Gasteiger charge is -2.35. The molecule has 1 aliphatic rings. The molecule has 1 aromatic heterocycles. The van der Waals surface area contributed by atoms with Crippen LogP contribution in [0.2, 0.25) is 5.02 Å². The van der Waals surface area contributed by atoms with Gasteiger partial charge in [-0.1, -0.05) is 23.7 Å². The summed E-state index contributed by atoms with van der Waals surface area (Å²) < 4.78 is 7.19. The smallest absolute Gasteiger partial charge is 0.240 e. The molecule has 7 heteroatoms. The highest BCUT2D eigenvalue weighted by atomic mass is 35.5. The van der Waals surface area contributed by atoms with Gasteiger partial charge in [-0.25, -0.2) is 4.98 Å². The maximum atomic E-state index is 12.2. The van der Waals surface area contributed by atoms with E-state index in [2.05, 4.69) is 15.2 Å². The summed E-state index contributed by atoms with van der Waals surface area (Å²) in [5.41, 5.74) is 1.14. The zero-order valence-electron chi connectivity index (χ0n) is 13.4. The lowest BCUT2D eigenvalue weighted by atomic mass is 10.0. The minimum atomic E-state index is -0.0276. The molecule has 2 aromatic rings. The number of amides is 1. The molecule has 1 amide bonds. The van der Waals surface area contributed by atoms with Crippen molar-refractivity contribution in [3.05, 3.63) is 53.6 Å². The molecule has 1 saturated heterocycles. The Balaban J connectivity index is 1.65. The first kappa shape index (κ1) is 17.0. The molecule has 1 aromatic carbocycles. The van der Waals surface area contributed by atoms with Crippen LogP contribution in [-0.4, -0.2) is 53.2 Å². The number of imidazole rings is 1. The second kappa shape index (κ2) is 8.28. The summed E-state index contributed by atoms with van der Waals surface area (Å²) in [5, 5.41) is 3.74. The zero-order valence-corrected chi connectivity index (χ0v) is 14.2. The first-order chi connectivity index (χ1) is 11.7. The predicted molar refractivity (Wildman–Crippen MR) is 91.8 cm³/mol. The average molecular weight is 349 g/mol. The number of hydrogen-bond donors (Lipinski definition) is 1. The number of nitrogens with one attached hydrogen (secondary N) is 1. The molecule has 1 unspecified atom stereocenters. The van der Waals surface area contributed by atoms with Crippen LogP contribution in [0.25, 0.3) is 0 Å². The van der Waals surface area contributed by atoms with Crippen molar-refractivity contribution in [2.75, 3.05) is 32.8 Å². The highest BCUT2D eigenvalue weighted by Gasteiger charge is 2.23. The Morgan fingerprint density at radius 2 is 2.04 bits per heavy atom. The van der Waals surface area contributed by atoms with Gasteiger partial charge < -0.3 is 14.6 Å². The largest absolute Gasteiger partial charge is 0.379 e. The normalized spacial score (nSPS) is 16.7. The number of carbonyl (C=O) groups excluding carboxylic acids is 1. The molecule has 2 heterocycles. The summed E-state index contributed by atoms with van der Waals surface area (Å²) in [6.45, 7) is 3.96. The first-order valence-electron chi connectivity index (χ1n) is 8.02. The summed E-state index contributed by atoms with van der Waals surface area (Å²) in [5.74, 6) is -0.0276. The Morgan fingerprint density at radius 3 is 2.71 bits per heavy atom. The van der Waals surface area contributed by atoms with E-state index < -0.39 is 0 Å². The van der Waals surface area contributed by atoms with Crippen LogP contribution in [0, 0.1) is 0 Å². The van der Waals surface area contributed by atoms with Crippen LogP contribution in [0.3, 0.4) is 0 Å². The Morgan fingerprint density at radius 1 is 1.29 bits per heavy atom. The van der Waals surface area contributed by atoms with Crippen LogP contribution >= 0.6 is 11.6 Å². The van der Waals surface area contributed by atoms with E-state index in [1.807, 2.05) is 24.3 Å². The van der Waals surface area contributed by atoms with E-state index in [9.17, 15) is 4.79 Å².